The van der Waals surface area contributed by atoms with Gasteiger partial charge in [0.05, 0.1) is 5.56 Å². The van der Waals surface area contributed by atoms with Gasteiger partial charge < -0.3 is 0 Å². The molecule has 0 spiro atoms. The summed E-state index contributed by atoms with van der Waals surface area (Å²) in [5, 5.41) is 0. The van der Waals surface area contributed by atoms with E-state index in [0.717, 1.165) is 6.07 Å². The van der Waals surface area contributed by atoms with Gasteiger partial charge in [-0.05, 0) is 31.0 Å². The molecule has 0 unspecified atom stereocenters. The largest absolute Gasteiger partial charge is 0.416 e. The molecule has 0 nitrogen and oxygen atoms in total. The van der Waals surface area contributed by atoms with E-state index in [2.05, 4.69) is 6.58 Å². The molecule has 3 heteroatoms. The second kappa shape index (κ2) is 3.48. The Labute approximate surface area is 81.1 Å². The molecule has 0 saturated heterocycles. The van der Waals surface area contributed by atoms with Crippen LogP contribution in [0.2, 0.25) is 0 Å². The number of hydrogen-bond donors (Lipinski definition) is 0. The van der Waals surface area contributed by atoms with E-state index in [4.69, 9.17) is 0 Å². The predicted octanol–water partition coefficient (Wildman–Crippen LogP) is 4.05. The minimum atomic E-state index is -4.28. The van der Waals surface area contributed by atoms with Crippen molar-refractivity contribution in [1.82, 2.24) is 0 Å². The Balaban J connectivity index is 3.35. The second-order valence-electron chi connectivity index (χ2n) is 3.26. The zero-order valence-electron chi connectivity index (χ0n) is 8.07. The van der Waals surface area contributed by atoms with E-state index in [-0.39, 0.29) is 5.56 Å². The molecule has 0 heterocycles. The van der Waals surface area contributed by atoms with E-state index >= 15 is 0 Å². The van der Waals surface area contributed by atoms with Crippen LogP contribution in [0.4, 0.5) is 13.2 Å². The van der Waals surface area contributed by atoms with Crippen molar-refractivity contribution >= 4 is 5.57 Å². The van der Waals surface area contributed by atoms with E-state index < -0.39 is 11.7 Å². The van der Waals surface area contributed by atoms with Gasteiger partial charge in [-0.15, -0.1) is 0 Å². The summed E-state index contributed by atoms with van der Waals surface area (Å²) in [5.41, 5.74) is 0.874. The van der Waals surface area contributed by atoms with E-state index in [1.807, 2.05) is 0 Å². The highest BCUT2D eigenvalue weighted by Crippen LogP contribution is 2.34. The molecule has 0 aromatic heterocycles. The highest BCUT2D eigenvalue weighted by molar-refractivity contribution is 5.65. The van der Waals surface area contributed by atoms with Crippen molar-refractivity contribution in [3.63, 3.8) is 0 Å². The molecule has 0 amide bonds. The maximum Gasteiger partial charge on any atom is 0.416 e. The van der Waals surface area contributed by atoms with Gasteiger partial charge in [0, 0.05) is 0 Å². The summed E-state index contributed by atoms with van der Waals surface area (Å²) >= 11 is 0. The molecule has 76 valence electrons. The third-order valence-corrected chi connectivity index (χ3v) is 2.10. The summed E-state index contributed by atoms with van der Waals surface area (Å²) < 4.78 is 37.4. The van der Waals surface area contributed by atoms with Gasteiger partial charge >= 0.3 is 6.18 Å². The minimum absolute atomic E-state index is 0.243. The summed E-state index contributed by atoms with van der Waals surface area (Å²) in [5.74, 6) is 0. The molecule has 0 fully saturated rings. The number of alkyl halides is 3. The first-order valence-electron chi connectivity index (χ1n) is 4.16. The van der Waals surface area contributed by atoms with Gasteiger partial charge in [0.1, 0.15) is 0 Å². The summed E-state index contributed by atoms with van der Waals surface area (Å²) in [6.45, 7) is 6.80. The summed E-state index contributed by atoms with van der Waals surface area (Å²) in [6.07, 6.45) is -4.28. The van der Waals surface area contributed by atoms with Crippen LogP contribution in [0.1, 0.15) is 23.6 Å². The monoisotopic (exact) mass is 200 g/mol. The lowest BCUT2D eigenvalue weighted by atomic mass is 9.98. The van der Waals surface area contributed by atoms with E-state index in [0.29, 0.717) is 11.1 Å². The van der Waals surface area contributed by atoms with Crippen LogP contribution in [0.5, 0.6) is 0 Å². The van der Waals surface area contributed by atoms with Crippen LogP contribution in [0.15, 0.2) is 24.8 Å². The number of benzene rings is 1. The molecular weight excluding hydrogens is 189 g/mol. The van der Waals surface area contributed by atoms with Crippen LogP contribution in [0, 0.1) is 6.92 Å². The van der Waals surface area contributed by atoms with Gasteiger partial charge in [0.15, 0.2) is 0 Å². The van der Waals surface area contributed by atoms with Gasteiger partial charge in [-0.2, -0.15) is 13.2 Å². The van der Waals surface area contributed by atoms with Crippen LogP contribution < -0.4 is 0 Å². The lowest BCUT2D eigenvalue weighted by molar-refractivity contribution is -0.138. The number of halogens is 3. The summed E-state index contributed by atoms with van der Waals surface area (Å²) in [6, 6.07) is 4.13. The standard InChI is InChI=1S/C11H11F3/c1-7(2)9-5-4-6-10(8(9)3)11(12,13)14/h4-6H,1H2,2-3H3. The molecule has 1 aromatic carbocycles. The molecule has 0 aliphatic heterocycles. The van der Waals surface area contributed by atoms with Gasteiger partial charge in [0.25, 0.3) is 0 Å². The van der Waals surface area contributed by atoms with Crippen molar-refractivity contribution in [1.29, 1.82) is 0 Å². The minimum Gasteiger partial charge on any atom is -0.166 e. The highest BCUT2D eigenvalue weighted by atomic mass is 19.4. The molecule has 0 N–H and O–H groups in total. The van der Waals surface area contributed by atoms with Crippen LogP contribution in [-0.4, -0.2) is 0 Å². The topological polar surface area (TPSA) is 0 Å². The maximum absolute atomic E-state index is 12.5. The Morgan fingerprint density at radius 1 is 1.29 bits per heavy atom. The summed E-state index contributed by atoms with van der Waals surface area (Å²) in [7, 11) is 0. The Bertz CT molecular complexity index is 361. The average Bonchev–Trinajstić information content (AvgIpc) is 2.01. The van der Waals surface area contributed by atoms with Crippen molar-refractivity contribution in [3.8, 4) is 0 Å². The molecule has 14 heavy (non-hydrogen) atoms. The maximum atomic E-state index is 12.5. The Hall–Kier alpha value is -1.25. The lowest BCUT2D eigenvalue weighted by Gasteiger charge is -2.13. The second-order valence-corrected chi connectivity index (χ2v) is 3.26. The molecule has 1 aromatic rings. The van der Waals surface area contributed by atoms with Crippen molar-refractivity contribution in [2.75, 3.05) is 0 Å². The van der Waals surface area contributed by atoms with Crippen molar-refractivity contribution in [3.05, 3.63) is 41.5 Å². The van der Waals surface area contributed by atoms with E-state index in [1.54, 1.807) is 13.0 Å². The quantitative estimate of drug-likeness (QED) is 0.641. The average molecular weight is 200 g/mol. The van der Waals surface area contributed by atoms with Crippen LogP contribution in [-0.2, 0) is 6.18 Å². The highest BCUT2D eigenvalue weighted by Gasteiger charge is 2.32. The fraction of sp³-hybridized carbons (Fsp3) is 0.273. The van der Waals surface area contributed by atoms with Gasteiger partial charge in [-0.25, -0.2) is 0 Å². The number of hydrogen-bond acceptors (Lipinski definition) is 0. The Morgan fingerprint density at radius 3 is 2.29 bits per heavy atom. The summed E-state index contributed by atoms with van der Waals surface area (Å²) in [4.78, 5) is 0. The van der Waals surface area contributed by atoms with Crippen molar-refractivity contribution in [2.45, 2.75) is 20.0 Å². The van der Waals surface area contributed by atoms with Gasteiger partial charge in [-0.3, -0.25) is 0 Å². The number of rotatable bonds is 1. The molecule has 0 saturated carbocycles. The molecule has 0 radical (unpaired) electrons. The van der Waals surface area contributed by atoms with Crippen LogP contribution in [0.25, 0.3) is 5.57 Å². The third-order valence-electron chi connectivity index (χ3n) is 2.10. The molecule has 1 rings (SSSR count). The van der Waals surface area contributed by atoms with Gasteiger partial charge in [-0.1, -0.05) is 24.3 Å². The van der Waals surface area contributed by atoms with E-state index in [1.165, 1.54) is 13.0 Å². The van der Waals surface area contributed by atoms with E-state index in [9.17, 15) is 13.2 Å². The SMILES string of the molecule is C=C(C)c1cccc(C(F)(F)F)c1C. The molecule has 0 aliphatic rings. The Morgan fingerprint density at radius 2 is 1.86 bits per heavy atom. The van der Waals surface area contributed by atoms with Crippen molar-refractivity contribution in [2.24, 2.45) is 0 Å². The van der Waals surface area contributed by atoms with Crippen molar-refractivity contribution < 1.29 is 13.2 Å². The van der Waals surface area contributed by atoms with Crippen LogP contribution >= 0.6 is 0 Å². The fourth-order valence-electron chi connectivity index (χ4n) is 1.41. The first-order valence-corrected chi connectivity index (χ1v) is 4.16. The predicted molar refractivity (Wildman–Crippen MR) is 50.9 cm³/mol. The third kappa shape index (κ3) is 1.97. The van der Waals surface area contributed by atoms with Gasteiger partial charge in [0.2, 0.25) is 0 Å². The lowest BCUT2D eigenvalue weighted by Crippen LogP contribution is -2.08. The number of allylic oxidation sites excluding steroid dienone is 1. The smallest absolute Gasteiger partial charge is 0.166 e. The zero-order valence-corrected chi connectivity index (χ0v) is 8.07. The Kier molecular flexibility index (Phi) is 2.69. The molecular formula is C11H11F3. The first-order chi connectivity index (χ1) is 6.34. The molecule has 0 aliphatic carbocycles. The van der Waals surface area contributed by atoms with Crippen LogP contribution in [0.3, 0.4) is 0 Å². The molecule has 0 atom stereocenters. The molecule has 0 bridgehead atoms. The normalized spacial score (nSPS) is 11.5. The first kappa shape index (κ1) is 10.8. The fourth-order valence-corrected chi connectivity index (χ4v) is 1.41. The zero-order chi connectivity index (χ0) is 10.9.